The summed E-state index contributed by atoms with van der Waals surface area (Å²) in [6.45, 7) is 1.94. The molecule has 0 N–H and O–H groups in total. The minimum atomic E-state index is -0.433. The van der Waals surface area contributed by atoms with Gasteiger partial charge >= 0.3 is 0 Å². The Morgan fingerprint density at radius 1 is 1.10 bits per heavy atom. The van der Waals surface area contributed by atoms with E-state index in [2.05, 4.69) is 10.2 Å². The molecule has 158 valence electrons. The number of fused-ring (bicyclic) bond motifs is 2. The van der Waals surface area contributed by atoms with Crippen LogP contribution in [0.4, 0.5) is 14.6 Å². The molecule has 31 heavy (non-hydrogen) atoms. The number of nitrogens with zero attached hydrogens (tertiary/aromatic N) is 6. The first-order valence-electron chi connectivity index (χ1n) is 10.4. The number of aromatic nitrogens is 5. The normalized spacial score (nSPS) is 18.6. The van der Waals surface area contributed by atoms with Crippen LogP contribution in [0.5, 0.6) is 0 Å². The van der Waals surface area contributed by atoms with Crippen molar-refractivity contribution in [3.63, 3.8) is 0 Å². The Bertz CT molecular complexity index is 1280. The van der Waals surface area contributed by atoms with Crippen molar-refractivity contribution in [2.24, 2.45) is 0 Å². The van der Waals surface area contributed by atoms with Gasteiger partial charge in [0.25, 0.3) is 0 Å². The summed E-state index contributed by atoms with van der Waals surface area (Å²) in [4.78, 5) is 6.91. The minimum Gasteiger partial charge on any atom is -0.376 e. The molecule has 5 heterocycles. The van der Waals surface area contributed by atoms with Gasteiger partial charge in [-0.05, 0) is 37.1 Å². The lowest BCUT2D eigenvalue weighted by atomic mass is 10.0. The Morgan fingerprint density at radius 3 is 2.97 bits per heavy atom. The van der Waals surface area contributed by atoms with Crippen LogP contribution in [-0.4, -0.2) is 37.5 Å². The number of hydrogen-bond donors (Lipinski definition) is 0. The van der Waals surface area contributed by atoms with Crippen LogP contribution in [-0.2, 0) is 17.8 Å². The van der Waals surface area contributed by atoms with E-state index in [1.165, 1.54) is 12.1 Å². The zero-order chi connectivity index (χ0) is 20.9. The van der Waals surface area contributed by atoms with Gasteiger partial charge in [-0.25, -0.2) is 23.0 Å². The van der Waals surface area contributed by atoms with Crippen LogP contribution in [0.15, 0.2) is 42.9 Å². The third kappa shape index (κ3) is 2.99. The van der Waals surface area contributed by atoms with Gasteiger partial charge in [-0.3, -0.25) is 0 Å². The zero-order valence-corrected chi connectivity index (χ0v) is 16.7. The van der Waals surface area contributed by atoms with Crippen molar-refractivity contribution in [3.8, 4) is 5.69 Å². The van der Waals surface area contributed by atoms with E-state index in [9.17, 15) is 8.78 Å². The van der Waals surface area contributed by atoms with Crippen molar-refractivity contribution in [2.45, 2.75) is 31.9 Å². The molecular formula is C22H20F2N6O. The maximum absolute atomic E-state index is 14.5. The molecule has 9 heteroatoms. The smallest absolute Gasteiger partial charge is 0.183 e. The highest BCUT2D eigenvalue weighted by Gasteiger charge is 2.30. The number of hydrogen-bond acceptors (Lipinski definition) is 5. The Hall–Kier alpha value is -3.33. The third-order valence-electron chi connectivity index (χ3n) is 6.12. The fourth-order valence-corrected chi connectivity index (χ4v) is 4.64. The number of anilines is 1. The monoisotopic (exact) mass is 422 g/mol. The molecule has 4 aromatic rings. The van der Waals surface area contributed by atoms with E-state index >= 15 is 0 Å². The van der Waals surface area contributed by atoms with E-state index in [0.717, 1.165) is 48.8 Å². The molecule has 3 aromatic heterocycles. The molecule has 1 fully saturated rings. The number of ether oxygens (including phenoxy) is 1. The molecule has 0 radical (unpaired) electrons. The molecule has 6 rings (SSSR count). The second-order valence-corrected chi connectivity index (χ2v) is 7.93. The van der Waals surface area contributed by atoms with Gasteiger partial charge in [0.15, 0.2) is 5.65 Å². The summed E-state index contributed by atoms with van der Waals surface area (Å²) >= 11 is 0. The first-order chi connectivity index (χ1) is 15.2. The van der Waals surface area contributed by atoms with Crippen LogP contribution in [0.25, 0.3) is 11.3 Å². The second kappa shape index (κ2) is 7.12. The Labute approximate surface area is 176 Å². The minimum absolute atomic E-state index is 0.258. The lowest BCUT2D eigenvalue weighted by Crippen LogP contribution is -2.24. The van der Waals surface area contributed by atoms with E-state index in [0.29, 0.717) is 30.2 Å². The van der Waals surface area contributed by atoms with Crippen molar-refractivity contribution >= 4 is 11.5 Å². The van der Waals surface area contributed by atoms with E-state index < -0.39 is 11.6 Å². The summed E-state index contributed by atoms with van der Waals surface area (Å²) in [6, 6.07) is 5.24. The first kappa shape index (κ1) is 18.4. The molecule has 0 aliphatic carbocycles. The fourth-order valence-electron chi connectivity index (χ4n) is 4.64. The molecule has 0 bridgehead atoms. The SMILES string of the molecule is Fc1ccc(F)c(C2CCCN2c2ccn3ncc(-n4ncc5c4CCOC5)c3n2)c1. The summed E-state index contributed by atoms with van der Waals surface area (Å²) in [7, 11) is 0. The fraction of sp³-hybridized carbons (Fsp3) is 0.318. The summed E-state index contributed by atoms with van der Waals surface area (Å²) in [5.41, 5.74) is 4.00. The maximum atomic E-state index is 14.5. The van der Waals surface area contributed by atoms with Crippen LogP contribution in [0.3, 0.4) is 0 Å². The average Bonchev–Trinajstić information content (AvgIpc) is 3.52. The van der Waals surface area contributed by atoms with E-state index in [1.54, 1.807) is 10.7 Å². The highest BCUT2D eigenvalue weighted by atomic mass is 19.1. The van der Waals surface area contributed by atoms with Gasteiger partial charge in [0, 0.05) is 30.3 Å². The summed E-state index contributed by atoms with van der Waals surface area (Å²) in [6.07, 6.45) is 7.82. The van der Waals surface area contributed by atoms with Crippen molar-refractivity contribution in [1.29, 1.82) is 0 Å². The van der Waals surface area contributed by atoms with Crippen LogP contribution in [0.1, 0.15) is 35.7 Å². The Balaban J connectivity index is 1.42. The second-order valence-electron chi connectivity index (χ2n) is 7.93. The van der Waals surface area contributed by atoms with Crippen LogP contribution in [0, 0.1) is 11.6 Å². The van der Waals surface area contributed by atoms with Crippen molar-refractivity contribution in [1.82, 2.24) is 24.4 Å². The van der Waals surface area contributed by atoms with Gasteiger partial charge in [0.05, 0.1) is 37.3 Å². The predicted octanol–water partition coefficient (Wildman–Crippen LogP) is 3.61. The van der Waals surface area contributed by atoms with Crippen LogP contribution < -0.4 is 4.90 Å². The average molecular weight is 422 g/mol. The summed E-state index contributed by atoms with van der Waals surface area (Å²) < 4.78 is 37.4. The first-order valence-corrected chi connectivity index (χ1v) is 10.4. The van der Waals surface area contributed by atoms with Gasteiger partial charge in [0.2, 0.25) is 0 Å². The molecule has 0 saturated carbocycles. The molecule has 0 amide bonds. The van der Waals surface area contributed by atoms with Gasteiger partial charge in [-0.1, -0.05) is 0 Å². The number of halogens is 2. The van der Waals surface area contributed by atoms with E-state index in [-0.39, 0.29) is 6.04 Å². The molecule has 1 aromatic carbocycles. The molecule has 0 spiro atoms. The van der Waals surface area contributed by atoms with Crippen molar-refractivity contribution < 1.29 is 13.5 Å². The lowest BCUT2D eigenvalue weighted by molar-refractivity contribution is 0.109. The maximum Gasteiger partial charge on any atom is 0.183 e. The summed E-state index contributed by atoms with van der Waals surface area (Å²) in [5, 5.41) is 8.97. The zero-order valence-electron chi connectivity index (χ0n) is 16.7. The third-order valence-corrected chi connectivity index (χ3v) is 6.12. The Kier molecular flexibility index (Phi) is 4.24. The van der Waals surface area contributed by atoms with Crippen LogP contribution >= 0.6 is 0 Å². The quantitative estimate of drug-likeness (QED) is 0.505. The largest absolute Gasteiger partial charge is 0.376 e. The van der Waals surface area contributed by atoms with Gasteiger partial charge in [-0.15, -0.1) is 0 Å². The number of rotatable bonds is 3. The van der Waals surface area contributed by atoms with Crippen molar-refractivity contribution in [3.05, 3.63) is 71.3 Å². The standard InChI is InChI=1S/C22H20F2N6O/c23-15-3-4-17(24)16(10-15)19-2-1-7-28(19)21-5-8-29-22(27-21)20(12-25-29)30-18-6-9-31-13-14(18)11-26-30/h3-5,8,10-12,19H,1-2,6-7,9,13H2. The highest BCUT2D eigenvalue weighted by molar-refractivity contribution is 5.62. The van der Waals surface area contributed by atoms with E-state index in [1.807, 2.05) is 28.0 Å². The van der Waals surface area contributed by atoms with Gasteiger partial charge in [0.1, 0.15) is 23.1 Å². The molecule has 2 aliphatic rings. The molecule has 2 aliphatic heterocycles. The summed E-state index contributed by atoms with van der Waals surface area (Å²) in [5.74, 6) is -0.114. The topological polar surface area (TPSA) is 60.5 Å². The van der Waals surface area contributed by atoms with Crippen LogP contribution in [0.2, 0.25) is 0 Å². The predicted molar refractivity (Wildman–Crippen MR) is 109 cm³/mol. The van der Waals surface area contributed by atoms with Gasteiger partial charge < -0.3 is 9.64 Å². The lowest BCUT2D eigenvalue weighted by Gasteiger charge is -2.26. The molecular weight excluding hydrogens is 402 g/mol. The van der Waals surface area contributed by atoms with Gasteiger partial charge in [-0.2, -0.15) is 10.2 Å². The Morgan fingerprint density at radius 2 is 2.03 bits per heavy atom. The van der Waals surface area contributed by atoms with E-state index in [4.69, 9.17) is 9.72 Å². The molecule has 1 unspecified atom stereocenters. The molecule has 1 atom stereocenters. The molecule has 7 nitrogen and oxygen atoms in total. The number of benzene rings is 1. The molecule has 1 saturated heterocycles. The highest BCUT2D eigenvalue weighted by Crippen LogP contribution is 2.37. The van der Waals surface area contributed by atoms with Crippen molar-refractivity contribution in [2.75, 3.05) is 18.1 Å².